The van der Waals surface area contributed by atoms with Gasteiger partial charge in [-0.25, -0.2) is 0 Å². The van der Waals surface area contributed by atoms with E-state index >= 15 is 0 Å². The molecule has 0 spiro atoms. The number of para-hydroxylation sites is 1. The van der Waals surface area contributed by atoms with Crippen molar-refractivity contribution in [3.05, 3.63) is 76.0 Å². The molecule has 6 nitrogen and oxygen atoms in total. The maximum atomic E-state index is 12.4. The molecule has 0 aliphatic rings. The maximum absolute atomic E-state index is 12.4. The number of primary amides is 1. The van der Waals surface area contributed by atoms with Crippen molar-refractivity contribution in [1.82, 2.24) is 5.32 Å². The third-order valence-electron chi connectivity index (χ3n) is 3.71. The molecule has 0 fully saturated rings. The van der Waals surface area contributed by atoms with Gasteiger partial charge in [0.1, 0.15) is 5.76 Å². The summed E-state index contributed by atoms with van der Waals surface area (Å²) in [5.41, 5.74) is 6.50. The average molecular weight is 434 g/mol. The highest BCUT2D eigenvalue weighted by molar-refractivity contribution is 7.80. The average Bonchev–Trinajstić information content (AvgIpc) is 3.14. The number of benzene rings is 2. The Labute approximate surface area is 175 Å². The van der Waals surface area contributed by atoms with Crippen LogP contribution in [0.1, 0.15) is 20.9 Å². The first kappa shape index (κ1) is 19.9. The highest BCUT2D eigenvalue weighted by Crippen LogP contribution is 2.34. The molecule has 1 aromatic heterocycles. The monoisotopic (exact) mass is 433 g/mol. The van der Waals surface area contributed by atoms with Gasteiger partial charge in [-0.05, 0) is 48.6 Å². The van der Waals surface area contributed by atoms with Crippen LogP contribution in [0.3, 0.4) is 0 Å². The number of furan rings is 1. The Morgan fingerprint density at radius 1 is 1.00 bits per heavy atom. The summed E-state index contributed by atoms with van der Waals surface area (Å²) in [6.07, 6.45) is 0. The number of rotatable bonds is 4. The number of hydrogen-bond donors (Lipinski definition) is 3. The number of nitrogens with one attached hydrogen (secondary N) is 2. The van der Waals surface area contributed by atoms with Crippen LogP contribution in [0.5, 0.6) is 0 Å². The van der Waals surface area contributed by atoms with Gasteiger partial charge in [0.2, 0.25) is 0 Å². The summed E-state index contributed by atoms with van der Waals surface area (Å²) in [7, 11) is 0. The van der Waals surface area contributed by atoms with Gasteiger partial charge in [-0.1, -0.05) is 41.4 Å². The molecule has 0 atom stereocenters. The lowest BCUT2D eigenvalue weighted by atomic mass is 10.1. The zero-order chi connectivity index (χ0) is 20.3. The molecule has 0 unspecified atom stereocenters. The number of anilines is 1. The van der Waals surface area contributed by atoms with Crippen LogP contribution in [0, 0.1) is 0 Å². The molecule has 0 radical (unpaired) electrons. The summed E-state index contributed by atoms with van der Waals surface area (Å²) in [5.74, 6) is -0.779. The van der Waals surface area contributed by atoms with E-state index in [1.54, 1.807) is 48.5 Å². The molecule has 0 aliphatic heterocycles. The molecule has 0 bridgehead atoms. The van der Waals surface area contributed by atoms with Crippen molar-refractivity contribution in [2.45, 2.75) is 0 Å². The second kappa shape index (κ2) is 8.43. The molecule has 0 saturated carbocycles. The van der Waals surface area contributed by atoms with Crippen LogP contribution in [-0.2, 0) is 0 Å². The minimum atomic E-state index is -0.619. The maximum Gasteiger partial charge on any atom is 0.293 e. The normalized spacial score (nSPS) is 10.4. The van der Waals surface area contributed by atoms with Crippen molar-refractivity contribution in [1.29, 1.82) is 0 Å². The Bertz CT molecular complexity index is 1080. The highest BCUT2D eigenvalue weighted by Gasteiger charge is 2.17. The van der Waals surface area contributed by atoms with Gasteiger partial charge in [0.05, 0.1) is 21.3 Å². The third-order valence-corrected chi connectivity index (χ3v) is 4.74. The second-order valence-electron chi connectivity index (χ2n) is 5.58. The van der Waals surface area contributed by atoms with Crippen LogP contribution >= 0.6 is 35.4 Å². The third kappa shape index (κ3) is 4.33. The van der Waals surface area contributed by atoms with Gasteiger partial charge in [0.25, 0.3) is 11.8 Å². The van der Waals surface area contributed by atoms with Crippen LogP contribution < -0.4 is 16.4 Å². The van der Waals surface area contributed by atoms with Crippen LogP contribution in [0.2, 0.25) is 10.0 Å². The zero-order valence-corrected chi connectivity index (χ0v) is 16.5. The lowest BCUT2D eigenvalue weighted by Gasteiger charge is -2.11. The highest BCUT2D eigenvalue weighted by atomic mass is 35.5. The Hall–Kier alpha value is -2.87. The van der Waals surface area contributed by atoms with Gasteiger partial charge in [0.15, 0.2) is 10.9 Å². The van der Waals surface area contributed by atoms with Gasteiger partial charge in [-0.2, -0.15) is 0 Å². The zero-order valence-electron chi connectivity index (χ0n) is 14.2. The van der Waals surface area contributed by atoms with E-state index in [1.165, 1.54) is 6.07 Å². The van der Waals surface area contributed by atoms with Crippen LogP contribution in [0.4, 0.5) is 5.69 Å². The minimum Gasteiger partial charge on any atom is -0.451 e. The Kier molecular flexibility index (Phi) is 5.99. The number of nitrogens with two attached hydrogens (primary N) is 1. The van der Waals surface area contributed by atoms with E-state index in [0.29, 0.717) is 27.1 Å². The fraction of sp³-hybridized carbons (Fsp3) is 0. The molecule has 142 valence electrons. The van der Waals surface area contributed by atoms with Crippen LogP contribution in [0.15, 0.2) is 59.0 Å². The SMILES string of the molecule is NC(=O)c1ccccc1NC(=S)NC(=O)c1ccc(-c2cccc(Cl)c2Cl)o1. The largest absolute Gasteiger partial charge is 0.451 e. The lowest BCUT2D eigenvalue weighted by molar-refractivity contribution is 0.0950. The Morgan fingerprint density at radius 2 is 1.75 bits per heavy atom. The number of thiocarbonyl (C=S) groups is 1. The van der Waals surface area contributed by atoms with Gasteiger partial charge >= 0.3 is 0 Å². The summed E-state index contributed by atoms with van der Waals surface area (Å²) in [4.78, 5) is 23.8. The molecule has 0 aliphatic carbocycles. The van der Waals surface area contributed by atoms with Gasteiger partial charge in [0, 0.05) is 5.56 Å². The smallest absolute Gasteiger partial charge is 0.293 e. The van der Waals surface area contributed by atoms with Crippen molar-refractivity contribution in [3.63, 3.8) is 0 Å². The number of carbonyl (C=O) groups excluding carboxylic acids is 2. The Morgan fingerprint density at radius 3 is 2.50 bits per heavy atom. The molecule has 0 saturated heterocycles. The summed E-state index contributed by atoms with van der Waals surface area (Å²) in [6.45, 7) is 0. The first-order chi connectivity index (χ1) is 13.4. The molecule has 28 heavy (non-hydrogen) atoms. The topological polar surface area (TPSA) is 97.4 Å². The minimum absolute atomic E-state index is 0.0163. The van der Waals surface area contributed by atoms with Crippen LogP contribution in [-0.4, -0.2) is 16.9 Å². The standard InChI is InChI=1S/C19H13Cl2N3O3S/c20-12-6-3-5-11(16(12)21)14-8-9-15(27-14)18(26)24-19(28)23-13-7-2-1-4-10(13)17(22)25/h1-9H,(H2,22,25)(H2,23,24,26,28). The summed E-state index contributed by atoms with van der Waals surface area (Å²) in [6, 6.07) is 14.7. The molecule has 2 aromatic carbocycles. The van der Waals surface area contributed by atoms with Crippen molar-refractivity contribution >= 4 is 58.0 Å². The van der Waals surface area contributed by atoms with E-state index in [1.807, 2.05) is 0 Å². The Balaban J connectivity index is 1.72. The van der Waals surface area contributed by atoms with Crippen molar-refractivity contribution in [2.75, 3.05) is 5.32 Å². The van der Waals surface area contributed by atoms with Crippen molar-refractivity contribution < 1.29 is 14.0 Å². The molecule has 3 rings (SSSR count). The molecule has 2 amide bonds. The number of amides is 2. The van der Waals surface area contributed by atoms with E-state index in [0.717, 1.165) is 0 Å². The van der Waals surface area contributed by atoms with E-state index in [4.69, 9.17) is 45.6 Å². The fourth-order valence-corrected chi connectivity index (χ4v) is 3.02. The number of hydrogen-bond acceptors (Lipinski definition) is 4. The molecule has 9 heteroatoms. The lowest BCUT2D eigenvalue weighted by Crippen LogP contribution is -2.34. The number of halogens is 2. The van der Waals surface area contributed by atoms with Gasteiger partial charge in [-0.15, -0.1) is 0 Å². The summed E-state index contributed by atoms with van der Waals surface area (Å²) >= 11 is 17.3. The molecule has 4 N–H and O–H groups in total. The van der Waals surface area contributed by atoms with Crippen molar-refractivity contribution in [3.8, 4) is 11.3 Å². The fourth-order valence-electron chi connectivity index (χ4n) is 2.42. The predicted molar refractivity (Wildman–Crippen MR) is 113 cm³/mol. The summed E-state index contributed by atoms with van der Waals surface area (Å²) in [5, 5.41) is 5.93. The predicted octanol–water partition coefficient (Wildman–Crippen LogP) is 4.48. The first-order valence-electron chi connectivity index (χ1n) is 7.92. The van der Waals surface area contributed by atoms with E-state index in [9.17, 15) is 9.59 Å². The molecule has 3 aromatic rings. The molecular weight excluding hydrogens is 421 g/mol. The second-order valence-corrected chi connectivity index (χ2v) is 6.78. The van der Waals surface area contributed by atoms with Crippen LogP contribution in [0.25, 0.3) is 11.3 Å². The van der Waals surface area contributed by atoms with E-state index in [2.05, 4.69) is 10.6 Å². The van der Waals surface area contributed by atoms with Crippen molar-refractivity contribution in [2.24, 2.45) is 5.73 Å². The van der Waals surface area contributed by atoms with Gasteiger partial charge < -0.3 is 15.5 Å². The number of carbonyl (C=O) groups is 2. The summed E-state index contributed by atoms with van der Waals surface area (Å²) < 4.78 is 5.56. The molecule has 1 heterocycles. The quantitative estimate of drug-likeness (QED) is 0.526. The van der Waals surface area contributed by atoms with E-state index in [-0.39, 0.29) is 16.4 Å². The van der Waals surface area contributed by atoms with E-state index < -0.39 is 11.8 Å². The first-order valence-corrected chi connectivity index (χ1v) is 9.08. The van der Waals surface area contributed by atoms with Gasteiger partial charge in [-0.3, -0.25) is 14.9 Å². The molecular formula is C19H13Cl2N3O3S.